The molecule has 2 aromatic rings. The molecule has 2 amide bonds. The SMILES string of the molecule is COC(CNC(=O)[C@@H]1CCC[C@@H](NC(=O)OCC2c3ccccc3-c3ccccc32)C1)C(=O)O. The summed E-state index contributed by atoms with van der Waals surface area (Å²) in [6.07, 6.45) is 1.17. The first-order chi connectivity index (χ1) is 16.5. The molecule has 0 heterocycles. The second-order valence-corrected chi connectivity index (χ2v) is 8.84. The van der Waals surface area contributed by atoms with Crippen LogP contribution in [0.15, 0.2) is 48.5 Å². The lowest BCUT2D eigenvalue weighted by Crippen LogP contribution is -2.45. The molecule has 2 aromatic carbocycles. The highest BCUT2D eigenvalue weighted by atomic mass is 16.5. The van der Waals surface area contributed by atoms with Gasteiger partial charge in [-0.2, -0.15) is 0 Å². The van der Waals surface area contributed by atoms with Gasteiger partial charge in [0.2, 0.25) is 5.91 Å². The molecule has 0 aromatic heterocycles. The molecule has 3 atom stereocenters. The second-order valence-electron chi connectivity index (χ2n) is 8.84. The van der Waals surface area contributed by atoms with Gasteiger partial charge in [0.1, 0.15) is 6.61 Å². The lowest BCUT2D eigenvalue weighted by molar-refractivity contribution is -0.148. The van der Waals surface area contributed by atoms with Crippen molar-refractivity contribution in [2.45, 2.75) is 43.7 Å². The van der Waals surface area contributed by atoms with Gasteiger partial charge in [0.15, 0.2) is 6.10 Å². The van der Waals surface area contributed by atoms with Crippen molar-refractivity contribution in [3.63, 3.8) is 0 Å². The first-order valence-electron chi connectivity index (χ1n) is 11.6. The zero-order chi connectivity index (χ0) is 24.1. The van der Waals surface area contributed by atoms with E-state index in [9.17, 15) is 14.4 Å². The fourth-order valence-electron chi connectivity index (χ4n) is 4.97. The van der Waals surface area contributed by atoms with E-state index in [4.69, 9.17) is 14.6 Å². The number of nitrogens with one attached hydrogen (secondary N) is 2. The number of carboxylic acids is 1. The maximum Gasteiger partial charge on any atom is 0.407 e. The van der Waals surface area contributed by atoms with Crippen LogP contribution in [0.4, 0.5) is 4.79 Å². The highest BCUT2D eigenvalue weighted by Gasteiger charge is 2.31. The summed E-state index contributed by atoms with van der Waals surface area (Å²) in [5.41, 5.74) is 4.65. The summed E-state index contributed by atoms with van der Waals surface area (Å²) in [5, 5.41) is 14.6. The van der Waals surface area contributed by atoms with Crippen LogP contribution in [0, 0.1) is 5.92 Å². The number of alkyl carbamates (subject to hydrolysis) is 1. The van der Waals surface area contributed by atoms with E-state index in [0.29, 0.717) is 12.8 Å². The third-order valence-electron chi connectivity index (χ3n) is 6.73. The fraction of sp³-hybridized carbons (Fsp3) is 0.423. The van der Waals surface area contributed by atoms with E-state index in [-0.39, 0.29) is 36.9 Å². The van der Waals surface area contributed by atoms with Crippen LogP contribution in [0.2, 0.25) is 0 Å². The van der Waals surface area contributed by atoms with Crippen LogP contribution in [0.25, 0.3) is 11.1 Å². The number of carbonyl (C=O) groups is 3. The van der Waals surface area contributed by atoms with E-state index in [0.717, 1.165) is 24.0 Å². The number of ether oxygens (including phenoxy) is 2. The molecule has 2 aliphatic rings. The molecule has 0 aliphatic heterocycles. The lowest BCUT2D eigenvalue weighted by atomic mass is 9.85. The van der Waals surface area contributed by atoms with Crippen LogP contribution in [0.5, 0.6) is 0 Å². The van der Waals surface area contributed by atoms with Gasteiger partial charge in [0.05, 0.1) is 6.54 Å². The van der Waals surface area contributed by atoms with Crippen molar-refractivity contribution in [2.75, 3.05) is 20.3 Å². The highest BCUT2D eigenvalue weighted by Crippen LogP contribution is 2.44. The predicted molar refractivity (Wildman–Crippen MR) is 125 cm³/mol. The van der Waals surface area contributed by atoms with Crippen LogP contribution >= 0.6 is 0 Å². The third kappa shape index (κ3) is 5.22. The molecule has 180 valence electrons. The molecule has 1 unspecified atom stereocenters. The summed E-state index contributed by atoms with van der Waals surface area (Å²) in [4.78, 5) is 36.1. The Morgan fingerprint density at radius 3 is 2.29 bits per heavy atom. The van der Waals surface area contributed by atoms with Crippen LogP contribution in [-0.2, 0) is 19.1 Å². The quantitative estimate of drug-likeness (QED) is 0.550. The zero-order valence-electron chi connectivity index (χ0n) is 19.2. The van der Waals surface area contributed by atoms with E-state index in [1.807, 2.05) is 24.3 Å². The molecule has 0 radical (unpaired) electrons. The molecule has 0 saturated heterocycles. The van der Waals surface area contributed by atoms with E-state index in [2.05, 4.69) is 34.9 Å². The van der Waals surface area contributed by atoms with E-state index in [1.165, 1.54) is 18.2 Å². The van der Waals surface area contributed by atoms with Gasteiger partial charge < -0.3 is 25.2 Å². The molecule has 8 nitrogen and oxygen atoms in total. The van der Waals surface area contributed by atoms with Crippen molar-refractivity contribution >= 4 is 18.0 Å². The first-order valence-corrected chi connectivity index (χ1v) is 11.6. The van der Waals surface area contributed by atoms with Crippen LogP contribution in [-0.4, -0.2) is 55.5 Å². The number of methoxy groups -OCH3 is 1. The van der Waals surface area contributed by atoms with Crippen molar-refractivity contribution in [2.24, 2.45) is 5.92 Å². The number of hydrogen-bond donors (Lipinski definition) is 3. The van der Waals surface area contributed by atoms with Crippen molar-refractivity contribution in [3.05, 3.63) is 59.7 Å². The predicted octanol–water partition coefficient (Wildman–Crippen LogP) is 3.30. The van der Waals surface area contributed by atoms with Gasteiger partial charge >= 0.3 is 12.1 Å². The van der Waals surface area contributed by atoms with Crippen molar-refractivity contribution in [1.82, 2.24) is 10.6 Å². The first kappa shape index (κ1) is 23.8. The Balaban J connectivity index is 1.29. The number of amides is 2. The number of carboxylic acid groups (broad SMARTS) is 1. The number of fused-ring (bicyclic) bond motifs is 3. The highest BCUT2D eigenvalue weighted by molar-refractivity contribution is 5.81. The van der Waals surface area contributed by atoms with Crippen molar-refractivity contribution in [1.29, 1.82) is 0 Å². The monoisotopic (exact) mass is 466 g/mol. The smallest absolute Gasteiger partial charge is 0.407 e. The molecule has 1 saturated carbocycles. The standard InChI is InChI=1S/C26H30N2O6/c1-33-23(25(30)31)14-27-24(29)16-7-6-8-17(13-16)28-26(32)34-15-22-20-11-4-2-9-18(20)19-10-3-5-12-21(19)22/h2-5,9-12,16-17,22-23H,6-8,13-15H2,1H3,(H,27,29)(H,28,32)(H,30,31)/t16-,17-,23?/m1/s1. The van der Waals surface area contributed by atoms with E-state index in [1.54, 1.807) is 0 Å². The Hall–Kier alpha value is -3.39. The number of carbonyl (C=O) groups excluding carboxylic acids is 2. The zero-order valence-corrected chi connectivity index (χ0v) is 19.2. The Morgan fingerprint density at radius 1 is 1.03 bits per heavy atom. The molecule has 1 fully saturated rings. The topological polar surface area (TPSA) is 114 Å². The van der Waals surface area contributed by atoms with Gasteiger partial charge in [0, 0.05) is 25.0 Å². The lowest BCUT2D eigenvalue weighted by Gasteiger charge is -2.29. The van der Waals surface area contributed by atoms with E-state index < -0.39 is 18.2 Å². The van der Waals surface area contributed by atoms with Crippen LogP contribution < -0.4 is 10.6 Å². The summed E-state index contributed by atoms with van der Waals surface area (Å²) >= 11 is 0. The molecular formula is C26H30N2O6. The van der Waals surface area contributed by atoms with Crippen LogP contribution in [0.3, 0.4) is 0 Å². The van der Waals surface area contributed by atoms with Gasteiger partial charge in [-0.25, -0.2) is 9.59 Å². The average Bonchev–Trinajstić information content (AvgIpc) is 3.16. The number of aliphatic carboxylic acids is 1. The average molecular weight is 467 g/mol. The molecule has 8 heteroatoms. The summed E-state index contributed by atoms with van der Waals surface area (Å²) < 4.78 is 10.5. The maximum absolute atomic E-state index is 12.6. The molecular weight excluding hydrogens is 436 g/mol. The van der Waals surface area contributed by atoms with E-state index >= 15 is 0 Å². The molecule has 34 heavy (non-hydrogen) atoms. The fourth-order valence-corrected chi connectivity index (χ4v) is 4.97. The summed E-state index contributed by atoms with van der Waals surface area (Å²) in [6.45, 7) is 0.149. The summed E-state index contributed by atoms with van der Waals surface area (Å²) in [5.74, 6) is -1.64. The number of benzene rings is 2. The van der Waals surface area contributed by atoms with Crippen molar-refractivity contribution in [3.8, 4) is 11.1 Å². The molecule has 2 aliphatic carbocycles. The molecule has 4 rings (SSSR count). The second kappa shape index (κ2) is 10.7. The van der Waals surface area contributed by atoms with Crippen molar-refractivity contribution < 1.29 is 29.0 Å². The molecule has 3 N–H and O–H groups in total. The maximum atomic E-state index is 12.6. The van der Waals surface area contributed by atoms with Gasteiger partial charge in [-0.1, -0.05) is 55.0 Å². The normalized spacial score (nSPS) is 20.0. The Labute approximate surface area is 198 Å². The summed E-state index contributed by atoms with van der Waals surface area (Å²) in [7, 11) is 1.29. The number of rotatable bonds is 8. The minimum atomic E-state index is -1.12. The Bertz CT molecular complexity index is 1010. The Morgan fingerprint density at radius 2 is 1.68 bits per heavy atom. The van der Waals surface area contributed by atoms with Gasteiger partial charge in [0.25, 0.3) is 0 Å². The van der Waals surface area contributed by atoms with Gasteiger partial charge in [-0.3, -0.25) is 4.79 Å². The Kier molecular flexibility index (Phi) is 7.47. The third-order valence-corrected chi connectivity index (χ3v) is 6.73. The molecule has 0 spiro atoms. The largest absolute Gasteiger partial charge is 0.479 e. The van der Waals surface area contributed by atoms with Gasteiger partial charge in [-0.15, -0.1) is 0 Å². The number of hydrogen-bond acceptors (Lipinski definition) is 5. The summed E-state index contributed by atoms with van der Waals surface area (Å²) in [6, 6.07) is 16.2. The van der Waals surface area contributed by atoms with Gasteiger partial charge in [-0.05, 0) is 41.5 Å². The van der Waals surface area contributed by atoms with Crippen LogP contribution in [0.1, 0.15) is 42.7 Å². The minimum absolute atomic E-state index is 0.00834. The minimum Gasteiger partial charge on any atom is -0.479 e. The molecule has 0 bridgehead atoms.